The summed E-state index contributed by atoms with van der Waals surface area (Å²) < 4.78 is 0. The molecule has 0 aliphatic rings. The Hall–Kier alpha value is -1.88. The van der Waals surface area contributed by atoms with Crippen molar-refractivity contribution in [1.82, 2.24) is 5.43 Å². The lowest BCUT2D eigenvalue weighted by Gasteiger charge is -2.10. The molecule has 0 radical (unpaired) electrons. The molecule has 4 N–H and O–H groups in total. The number of para-hydroxylation sites is 1. The number of benzene rings is 1. The van der Waals surface area contributed by atoms with Crippen LogP contribution in [0.25, 0.3) is 0 Å². The van der Waals surface area contributed by atoms with Crippen LogP contribution < -0.4 is 16.5 Å². The third kappa shape index (κ3) is 3.88. The maximum Gasteiger partial charge on any atom is 0.339 e. The highest BCUT2D eigenvalue weighted by Gasteiger charge is 2.05. The highest BCUT2D eigenvalue weighted by molar-refractivity contribution is 5.92. The highest BCUT2D eigenvalue weighted by atomic mass is 16.2. The highest BCUT2D eigenvalue weighted by Crippen LogP contribution is 2.18. The van der Waals surface area contributed by atoms with E-state index in [0.717, 1.165) is 16.8 Å². The number of aryl methyl sites for hydroxylation is 2. The zero-order valence-electron chi connectivity index (χ0n) is 10.4. The van der Waals surface area contributed by atoms with Crippen molar-refractivity contribution in [3.05, 3.63) is 29.3 Å². The summed E-state index contributed by atoms with van der Waals surface area (Å²) in [7, 11) is 0. The molecule has 0 aromatic heterocycles. The summed E-state index contributed by atoms with van der Waals surface area (Å²) in [4.78, 5) is 11.6. The number of hydrazone groups is 1. The zero-order chi connectivity index (χ0) is 12.8. The second-order valence-electron chi connectivity index (χ2n) is 3.88. The molecule has 0 bridgehead atoms. The Morgan fingerprint density at radius 1 is 1.35 bits per heavy atom. The van der Waals surface area contributed by atoms with Crippen molar-refractivity contribution in [3.63, 3.8) is 0 Å². The Labute approximate surface area is 101 Å². The van der Waals surface area contributed by atoms with Crippen LogP contribution in [0.15, 0.2) is 23.3 Å². The molecule has 0 heterocycles. The van der Waals surface area contributed by atoms with Crippen LogP contribution in [0.5, 0.6) is 0 Å². The first-order valence-corrected chi connectivity index (χ1v) is 5.41. The van der Waals surface area contributed by atoms with E-state index >= 15 is 0 Å². The third-order valence-corrected chi connectivity index (χ3v) is 2.36. The van der Waals surface area contributed by atoms with E-state index < -0.39 is 0 Å². The number of hydrogen-bond acceptors (Lipinski definition) is 3. The number of carbonyl (C=O) groups excluding carboxylic acids is 1. The standard InChI is InChI=1S/C12H18N4O/c1-8-5-4-6-9(2)11(8)14-12(17)16-15-10(3)7-13/h4-6H,7,13H2,1-3H3,(H2,14,16,17)/b15-10+. The van der Waals surface area contributed by atoms with Gasteiger partial charge in [-0.2, -0.15) is 5.10 Å². The van der Waals surface area contributed by atoms with Crippen LogP contribution in [0, 0.1) is 13.8 Å². The first-order chi connectivity index (χ1) is 8.04. The summed E-state index contributed by atoms with van der Waals surface area (Å²) in [6.45, 7) is 5.96. The quantitative estimate of drug-likeness (QED) is 0.550. The molecule has 5 heteroatoms. The molecule has 0 aliphatic heterocycles. The molecular formula is C12H18N4O. The van der Waals surface area contributed by atoms with Gasteiger partial charge in [0, 0.05) is 17.9 Å². The van der Waals surface area contributed by atoms with Crippen LogP contribution in [0.2, 0.25) is 0 Å². The van der Waals surface area contributed by atoms with Crippen molar-refractivity contribution in [2.75, 3.05) is 11.9 Å². The first-order valence-electron chi connectivity index (χ1n) is 5.41. The monoisotopic (exact) mass is 234 g/mol. The lowest BCUT2D eigenvalue weighted by atomic mass is 10.1. The van der Waals surface area contributed by atoms with E-state index in [-0.39, 0.29) is 6.03 Å². The molecule has 0 spiro atoms. The molecule has 0 atom stereocenters. The normalized spacial score (nSPS) is 11.2. The van der Waals surface area contributed by atoms with Crippen molar-refractivity contribution in [2.24, 2.45) is 10.8 Å². The number of urea groups is 1. The van der Waals surface area contributed by atoms with Gasteiger partial charge in [-0.1, -0.05) is 18.2 Å². The second kappa shape index (κ2) is 6.00. The van der Waals surface area contributed by atoms with Crippen molar-refractivity contribution in [3.8, 4) is 0 Å². The van der Waals surface area contributed by atoms with Crippen LogP contribution in [-0.4, -0.2) is 18.3 Å². The summed E-state index contributed by atoms with van der Waals surface area (Å²) in [5, 5.41) is 6.59. The fourth-order valence-corrected chi connectivity index (χ4v) is 1.34. The molecule has 0 saturated carbocycles. The summed E-state index contributed by atoms with van der Waals surface area (Å²) in [6, 6.07) is 5.47. The molecule has 1 rings (SSSR count). The molecule has 0 unspecified atom stereocenters. The Morgan fingerprint density at radius 3 is 2.47 bits per heavy atom. The fraction of sp³-hybridized carbons (Fsp3) is 0.333. The number of anilines is 1. The van der Waals surface area contributed by atoms with Gasteiger partial charge >= 0.3 is 6.03 Å². The van der Waals surface area contributed by atoms with Gasteiger partial charge in [-0.3, -0.25) is 0 Å². The molecule has 2 amide bonds. The van der Waals surface area contributed by atoms with E-state index in [1.807, 2.05) is 32.0 Å². The summed E-state index contributed by atoms with van der Waals surface area (Å²) in [6.07, 6.45) is 0. The van der Waals surface area contributed by atoms with Gasteiger partial charge in [-0.05, 0) is 31.9 Å². The summed E-state index contributed by atoms with van der Waals surface area (Å²) >= 11 is 0. The maximum absolute atomic E-state index is 11.6. The molecule has 0 aliphatic carbocycles. The molecule has 0 fully saturated rings. The van der Waals surface area contributed by atoms with E-state index in [4.69, 9.17) is 5.73 Å². The van der Waals surface area contributed by atoms with Gasteiger partial charge in [0.15, 0.2) is 0 Å². The van der Waals surface area contributed by atoms with Gasteiger partial charge in [0.05, 0.1) is 0 Å². The Balaban J connectivity index is 2.69. The number of nitrogens with two attached hydrogens (primary N) is 1. The smallest absolute Gasteiger partial charge is 0.325 e. The van der Waals surface area contributed by atoms with E-state index in [2.05, 4.69) is 15.8 Å². The largest absolute Gasteiger partial charge is 0.339 e. The third-order valence-electron chi connectivity index (χ3n) is 2.36. The molecular weight excluding hydrogens is 216 g/mol. The number of amides is 2. The van der Waals surface area contributed by atoms with Crippen molar-refractivity contribution in [2.45, 2.75) is 20.8 Å². The predicted molar refractivity (Wildman–Crippen MR) is 70.2 cm³/mol. The average molecular weight is 234 g/mol. The summed E-state index contributed by atoms with van der Waals surface area (Å²) in [5.74, 6) is 0. The minimum Gasteiger partial charge on any atom is -0.325 e. The van der Waals surface area contributed by atoms with Crippen molar-refractivity contribution >= 4 is 17.4 Å². The lowest BCUT2D eigenvalue weighted by molar-refractivity contribution is 0.252. The molecule has 1 aromatic carbocycles. The fourth-order valence-electron chi connectivity index (χ4n) is 1.34. The predicted octanol–water partition coefficient (Wildman–Crippen LogP) is 1.76. The Bertz CT molecular complexity index is 420. The number of nitrogens with one attached hydrogen (secondary N) is 2. The number of hydrogen-bond donors (Lipinski definition) is 3. The number of rotatable bonds is 3. The topological polar surface area (TPSA) is 79.5 Å². The number of carbonyl (C=O) groups is 1. The van der Waals surface area contributed by atoms with Gasteiger partial charge in [0.1, 0.15) is 0 Å². The SMILES string of the molecule is C/C(CN)=N\NC(=O)Nc1c(C)cccc1C. The van der Waals surface area contributed by atoms with E-state index in [0.29, 0.717) is 12.3 Å². The summed E-state index contributed by atoms with van der Waals surface area (Å²) in [5.41, 5.74) is 11.3. The Kier molecular flexibility index (Phi) is 4.66. The van der Waals surface area contributed by atoms with Gasteiger partial charge in [0.25, 0.3) is 0 Å². The lowest BCUT2D eigenvalue weighted by Crippen LogP contribution is -2.27. The van der Waals surface area contributed by atoms with Gasteiger partial charge in [0.2, 0.25) is 0 Å². The molecule has 0 saturated heterocycles. The van der Waals surface area contributed by atoms with Crippen LogP contribution in [0.3, 0.4) is 0 Å². The van der Waals surface area contributed by atoms with E-state index in [9.17, 15) is 4.79 Å². The number of nitrogens with zero attached hydrogens (tertiary/aromatic N) is 1. The molecule has 5 nitrogen and oxygen atoms in total. The van der Waals surface area contributed by atoms with E-state index in [1.165, 1.54) is 0 Å². The van der Waals surface area contributed by atoms with Gasteiger partial charge < -0.3 is 11.1 Å². The average Bonchev–Trinajstić information content (AvgIpc) is 2.31. The van der Waals surface area contributed by atoms with Crippen LogP contribution in [0.4, 0.5) is 10.5 Å². The van der Waals surface area contributed by atoms with Crippen LogP contribution >= 0.6 is 0 Å². The van der Waals surface area contributed by atoms with Crippen LogP contribution in [0.1, 0.15) is 18.1 Å². The van der Waals surface area contributed by atoms with Gasteiger partial charge in [-0.15, -0.1) is 0 Å². The van der Waals surface area contributed by atoms with E-state index in [1.54, 1.807) is 6.92 Å². The van der Waals surface area contributed by atoms with Gasteiger partial charge in [-0.25, -0.2) is 10.2 Å². The maximum atomic E-state index is 11.6. The molecule has 92 valence electrons. The van der Waals surface area contributed by atoms with Crippen molar-refractivity contribution in [1.29, 1.82) is 0 Å². The van der Waals surface area contributed by atoms with Crippen molar-refractivity contribution < 1.29 is 4.79 Å². The minimum absolute atomic E-state index is 0.323. The minimum atomic E-state index is -0.366. The zero-order valence-corrected chi connectivity index (χ0v) is 10.4. The Morgan fingerprint density at radius 2 is 1.94 bits per heavy atom. The second-order valence-corrected chi connectivity index (χ2v) is 3.88. The van der Waals surface area contributed by atoms with Crippen LogP contribution in [-0.2, 0) is 0 Å². The first kappa shape index (κ1) is 13.2. The molecule has 17 heavy (non-hydrogen) atoms. The molecule has 1 aromatic rings.